The van der Waals surface area contributed by atoms with E-state index in [0.717, 1.165) is 30.6 Å². The quantitative estimate of drug-likeness (QED) is 0.473. The Kier molecular flexibility index (Phi) is 5.17. The summed E-state index contributed by atoms with van der Waals surface area (Å²) in [7, 11) is 0. The number of nitrogens with zero attached hydrogens (tertiary/aromatic N) is 1. The number of thioether (sulfide) groups is 2. The van der Waals surface area contributed by atoms with E-state index in [2.05, 4.69) is 35.4 Å². The van der Waals surface area contributed by atoms with E-state index in [1.165, 1.54) is 11.8 Å². The van der Waals surface area contributed by atoms with Crippen molar-refractivity contribution in [3.63, 3.8) is 0 Å². The number of ether oxygens (including phenoxy) is 1. The van der Waals surface area contributed by atoms with E-state index < -0.39 is 0 Å². The smallest absolute Gasteiger partial charge is 0.151 e. The van der Waals surface area contributed by atoms with E-state index in [9.17, 15) is 4.79 Å². The molecule has 1 aliphatic rings. The Morgan fingerprint density at radius 3 is 2.71 bits per heavy atom. The van der Waals surface area contributed by atoms with Gasteiger partial charge in [0.25, 0.3) is 0 Å². The van der Waals surface area contributed by atoms with Crippen LogP contribution in [0.25, 0.3) is 0 Å². The average molecular weight is 355 g/mol. The van der Waals surface area contributed by atoms with Gasteiger partial charge < -0.3 is 4.74 Å². The minimum Gasteiger partial charge on any atom is -0.493 e. The molecule has 0 saturated heterocycles. The SMILES string of the molecule is CSC1(SC)CCOc2ccc(C#Cc3ccc(C=O)cn3)cc21. The van der Waals surface area contributed by atoms with Crippen molar-refractivity contribution in [3.05, 3.63) is 58.9 Å². The molecule has 0 fully saturated rings. The lowest BCUT2D eigenvalue weighted by molar-refractivity contribution is 0.112. The second-order valence-corrected chi connectivity index (χ2v) is 7.78. The standard InChI is InChI=1S/C19H17NO2S2/c1-23-19(24-2)9-10-22-18-8-5-14(11-17(18)19)3-6-16-7-4-15(13-21)12-20-16/h4-5,7-8,11-13H,9-10H2,1-2H3. The summed E-state index contributed by atoms with van der Waals surface area (Å²) in [4.78, 5) is 14.8. The fourth-order valence-corrected chi connectivity index (χ4v) is 4.65. The van der Waals surface area contributed by atoms with Gasteiger partial charge in [-0.1, -0.05) is 5.92 Å². The van der Waals surface area contributed by atoms with Crippen LogP contribution >= 0.6 is 23.5 Å². The van der Waals surface area contributed by atoms with Crippen LogP contribution in [0.5, 0.6) is 5.75 Å². The van der Waals surface area contributed by atoms with E-state index in [4.69, 9.17) is 4.74 Å². The van der Waals surface area contributed by atoms with Crippen LogP contribution in [0.1, 0.15) is 33.6 Å². The number of aromatic nitrogens is 1. The molecular weight excluding hydrogens is 338 g/mol. The van der Waals surface area contributed by atoms with Crippen molar-refractivity contribution < 1.29 is 9.53 Å². The number of benzene rings is 1. The second-order valence-electron chi connectivity index (χ2n) is 5.32. The molecule has 122 valence electrons. The van der Waals surface area contributed by atoms with Crippen molar-refractivity contribution in [1.29, 1.82) is 0 Å². The van der Waals surface area contributed by atoms with E-state index in [1.807, 2.05) is 35.7 Å². The maximum absolute atomic E-state index is 10.7. The van der Waals surface area contributed by atoms with Gasteiger partial charge in [0.05, 0.1) is 10.7 Å². The largest absolute Gasteiger partial charge is 0.493 e. The van der Waals surface area contributed by atoms with E-state index in [0.29, 0.717) is 11.3 Å². The highest BCUT2D eigenvalue weighted by atomic mass is 32.2. The summed E-state index contributed by atoms with van der Waals surface area (Å²) in [6, 6.07) is 9.57. The summed E-state index contributed by atoms with van der Waals surface area (Å²) < 4.78 is 5.83. The van der Waals surface area contributed by atoms with Crippen LogP contribution in [0.2, 0.25) is 0 Å². The first-order valence-corrected chi connectivity index (χ1v) is 9.96. The fourth-order valence-electron chi connectivity index (χ4n) is 2.65. The zero-order valence-electron chi connectivity index (χ0n) is 13.5. The monoisotopic (exact) mass is 355 g/mol. The van der Waals surface area contributed by atoms with Crippen LogP contribution in [0.15, 0.2) is 36.5 Å². The normalized spacial score (nSPS) is 14.8. The summed E-state index contributed by atoms with van der Waals surface area (Å²) in [5, 5.41) is 0. The maximum Gasteiger partial charge on any atom is 0.151 e. The van der Waals surface area contributed by atoms with Crippen LogP contribution < -0.4 is 4.74 Å². The summed E-state index contributed by atoms with van der Waals surface area (Å²) >= 11 is 3.71. The molecule has 1 aliphatic heterocycles. The summed E-state index contributed by atoms with van der Waals surface area (Å²) in [6.07, 6.45) is 7.57. The predicted molar refractivity (Wildman–Crippen MR) is 101 cm³/mol. The molecule has 0 saturated carbocycles. The number of hydrogen-bond donors (Lipinski definition) is 0. The molecule has 0 spiro atoms. The van der Waals surface area contributed by atoms with E-state index in [-0.39, 0.29) is 4.08 Å². The number of pyridine rings is 1. The molecule has 1 aromatic heterocycles. The Bertz CT molecular complexity index is 802. The lowest BCUT2D eigenvalue weighted by Crippen LogP contribution is -2.26. The predicted octanol–water partition coefficient (Wildman–Crippen LogP) is 3.96. The lowest BCUT2D eigenvalue weighted by atomic mass is 10.0. The molecule has 3 nitrogen and oxygen atoms in total. The Balaban J connectivity index is 1.93. The first-order chi connectivity index (χ1) is 11.7. The van der Waals surface area contributed by atoms with Gasteiger partial charge in [-0.3, -0.25) is 4.79 Å². The zero-order chi connectivity index (χ0) is 17.0. The minimum atomic E-state index is 0.0229. The highest BCUT2D eigenvalue weighted by molar-refractivity contribution is 8.16. The first kappa shape index (κ1) is 16.9. The molecule has 3 rings (SSSR count). The van der Waals surface area contributed by atoms with Gasteiger partial charge in [0, 0.05) is 29.3 Å². The molecule has 0 aliphatic carbocycles. The van der Waals surface area contributed by atoms with Gasteiger partial charge in [0.15, 0.2) is 6.29 Å². The second kappa shape index (κ2) is 7.33. The van der Waals surface area contributed by atoms with Crippen molar-refractivity contribution >= 4 is 29.8 Å². The molecule has 0 unspecified atom stereocenters. The van der Waals surface area contributed by atoms with Crippen molar-refractivity contribution in [2.24, 2.45) is 0 Å². The van der Waals surface area contributed by atoms with Crippen LogP contribution in [-0.2, 0) is 4.08 Å². The number of aldehydes is 1. The number of hydrogen-bond acceptors (Lipinski definition) is 5. The van der Waals surface area contributed by atoms with Gasteiger partial charge >= 0.3 is 0 Å². The third-order valence-corrected chi connectivity index (χ3v) is 7.16. The Morgan fingerprint density at radius 2 is 2.04 bits per heavy atom. The van der Waals surface area contributed by atoms with Gasteiger partial charge in [-0.15, -0.1) is 23.5 Å². The molecule has 5 heteroatoms. The van der Waals surface area contributed by atoms with Crippen LogP contribution in [0.4, 0.5) is 0 Å². The fraction of sp³-hybridized carbons (Fsp3) is 0.263. The third-order valence-electron chi connectivity index (χ3n) is 4.00. The zero-order valence-corrected chi connectivity index (χ0v) is 15.2. The minimum absolute atomic E-state index is 0.0229. The topological polar surface area (TPSA) is 39.2 Å². The molecule has 0 atom stereocenters. The van der Waals surface area contributed by atoms with Gasteiger partial charge in [0.2, 0.25) is 0 Å². The maximum atomic E-state index is 10.7. The van der Waals surface area contributed by atoms with Crippen molar-refractivity contribution in [2.45, 2.75) is 10.5 Å². The molecule has 1 aromatic carbocycles. The van der Waals surface area contributed by atoms with Crippen LogP contribution in [0, 0.1) is 11.8 Å². The number of rotatable bonds is 3. The molecule has 0 radical (unpaired) electrons. The molecule has 0 N–H and O–H groups in total. The van der Waals surface area contributed by atoms with Crippen LogP contribution in [-0.4, -0.2) is 30.4 Å². The van der Waals surface area contributed by atoms with Crippen molar-refractivity contribution in [1.82, 2.24) is 4.98 Å². The Labute approximate surface area is 150 Å². The molecule has 24 heavy (non-hydrogen) atoms. The Hall–Kier alpha value is -1.90. The van der Waals surface area contributed by atoms with Gasteiger partial charge in [0.1, 0.15) is 11.4 Å². The average Bonchev–Trinajstić information content (AvgIpc) is 2.66. The molecule has 0 bridgehead atoms. The lowest BCUT2D eigenvalue weighted by Gasteiger charge is -2.36. The highest BCUT2D eigenvalue weighted by Crippen LogP contribution is 2.52. The highest BCUT2D eigenvalue weighted by Gasteiger charge is 2.36. The third kappa shape index (κ3) is 3.31. The summed E-state index contributed by atoms with van der Waals surface area (Å²) in [5.74, 6) is 7.16. The number of fused-ring (bicyclic) bond motifs is 1. The van der Waals surface area contributed by atoms with Gasteiger partial charge in [-0.2, -0.15) is 0 Å². The molecular formula is C19H17NO2S2. The van der Waals surface area contributed by atoms with Crippen molar-refractivity contribution in [2.75, 3.05) is 19.1 Å². The Morgan fingerprint density at radius 1 is 1.21 bits per heavy atom. The van der Waals surface area contributed by atoms with Gasteiger partial charge in [-0.05, 0) is 48.8 Å². The molecule has 2 aromatic rings. The first-order valence-electron chi connectivity index (χ1n) is 7.51. The molecule has 2 heterocycles. The van der Waals surface area contributed by atoms with Crippen molar-refractivity contribution in [3.8, 4) is 17.6 Å². The molecule has 0 amide bonds. The number of carbonyl (C=O) groups is 1. The van der Waals surface area contributed by atoms with Crippen LogP contribution in [0.3, 0.4) is 0 Å². The van der Waals surface area contributed by atoms with E-state index in [1.54, 1.807) is 12.1 Å². The number of carbonyl (C=O) groups excluding carboxylic acids is 1. The van der Waals surface area contributed by atoms with E-state index >= 15 is 0 Å². The summed E-state index contributed by atoms with van der Waals surface area (Å²) in [5.41, 5.74) is 3.34. The van der Waals surface area contributed by atoms with Gasteiger partial charge in [-0.25, -0.2) is 4.98 Å². The summed E-state index contributed by atoms with van der Waals surface area (Å²) in [6.45, 7) is 0.743.